The van der Waals surface area contributed by atoms with Gasteiger partial charge in [-0.2, -0.15) is 0 Å². The second-order valence-electron chi connectivity index (χ2n) is 5.45. The fraction of sp³-hybridized carbons (Fsp3) is 0.438. The summed E-state index contributed by atoms with van der Waals surface area (Å²) in [6.45, 7) is 5.88. The number of amides is 1. The molecule has 0 aliphatic heterocycles. The van der Waals surface area contributed by atoms with Crippen LogP contribution in [-0.2, 0) is 6.54 Å². The van der Waals surface area contributed by atoms with E-state index >= 15 is 0 Å². The SMILES string of the molecule is COc1c(C)cnc(CN(C)C(=O)c2cnc(C(C)O)s2)c1C. The molecule has 0 bridgehead atoms. The summed E-state index contributed by atoms with van der Waals surface area (Å²) in [6.07, 6.45) is 2.58. The maximum absolute atomic E-state index is 12.5. The molecule has 7 heteroatoms. The van der Waals surface area contributed by atoms with Crippen molar-refractivity contribution in [3.8, 4) is 5.75 Å². The average molecular weight is 335 g/mol. The average Bonchev–Trinajstić information content (AvgIpc) is 3.00. The molecular weight excluding hydrogens is 314 g/mol. The van der Waals surface area contributed by atoms with Crippen molar-refractivity contribution in [1.29, 1.82) is 0 Å². The highest BCUT2D eigenvalue weighted by Crippen LogP contribution is 2.25. The zero-order valence-electron chi connectivity index (χ0n) is 14.0. The van der Waals surface area contributed by atoms with E-state index < -0.39 is 6.10 Å². The van der Waals surface area contributed by atoms with Crippen LogP contribution in [0.2, 0.25) is 0 Å². The molecule has 0 radical (unpaired) electrons. The third-order valence-electron chi connectivity index (χ3n) is 3.58. The van der Waals surface area contributed by atoms with Gasteiger partial charge in [0.15, 0.2) is 0 Å². The van der Waals surface area contributed by atoms with Gasteiger partial charge in [0.25, 0.3) is 5.91 Å². The number of carbonyl (C=O) groups is 1. The molecule has 1 unspecified atom stereocenters. The summed E-state index contributed by atoms with van der Waals surface area (Å²) in [4.78, 5) is 23.0. The van der Waals surface area contributed by atoms with Crippen molar-refractivity contribution in [3.63, 3.8) is 0 Å². The molecule has 0 fully saturated rings. The van der Waals surface area contributed by atoms with E-state index in [2.05, 4.69) is 9.97 Å². The normalized spacial score (nSPS) is 12.1. The summed E-state index contributed by atoms with van der Waals surface area (Å²) in [5.41, 5.74) is 2.69. The van der Waals surface area contributed by atoms with E-state index in [1.807, 2.05) is 13.8 Å². The third kappa shape index (κ3) is 3.68. The smallest absolute Gasteiger partial charge is 0.265 e. The summed E-state index contributed by atoms with van der Waals surface area (Å²) in [6, 6.07) is 0. The molecule has 0 aliphatic carbocycles. The molecule has 0 saturated carbocycles. The standard InChI is InChI=1S/C16H21N3O3S/c1-9-6-17-12(10(2)14(9)22-5)8-19(4)16(21)13-7-18-15(23-13)11(3)20/h6-7,11,20H,8H2,1-5H3. The minimum atomic E-state index is -0.669. The molecule has 6 nitrogen and oxygen atoms in total. The molecular formula is C16H21N3O3S. The van der Waals surface area contributed by atoms with Crippen LogP contribution in [0, 0.1) is 13.8 Å². The van der Waals surface area contributed by atoms with Gasteiger partial charge in [0.05, 0.1) is 25.5 Å². The molecule has 0 aliphatic rings. The van der Waals surface area contributed by atoms with Crippen LogP contribution < -0.4 is 4.74 Å². The summed E-state index contributed by atoms with van der Waals surface area (Å²) in [7, 11) is 3.35. The van der Waals surface area contributed by atoms with E-state index in [9.17, 15) is 9.90 Å². The Bertz CT molecular complexity index is 713. The minimum absolute atomic E-state index is 0.143. The highest BCUT2D eigenvalue weighted by Gasteiger charge is 2.19. The molecule has 0 saturated heterocycles. The number of aryl methyl sites for hydroxylation is 1. The van der Waals surface area contributed by atoms with Gasteiger partial charge in [-0.15, -0.1) is 11.3 Å². The first-order valence-corrected chi connectivity index (χ1v) is 8.05. The van der Waals surface area contributed by atoms with Crippen molar-refractivity contribution in [3.05, 3.63) is 39.1 Å². The maximum Gasteiger partial charge on any atom is 0.265 e. The number of carbonyl (C=O) groups excluding carboxylic acids is 1. The van der Waals surface area contributed by atoms with Crippen LogP contribution in [0.4, 0.5) is 0 Å². The van der Waals surface area contributed by atoms with Crippen molar-refractivity contribution in [1.82, 2.24) is 14.9 Å². The van der Waals surface area contributed by atoms with Crippen LogP contribution >= 0.6 is 11.3 Å². The Hall–Kier alpha value is -1.99. The lowest BCUT2D eigenvalue weighted by Crippen LogP contribution is -2.26. The van der Waals surface area contributed by atoms with Crippen LogP contribution in [-0.4, -0.2) is 40.0 Å². The quantitative estimate of drug-likeness (QED) is 0.908. The molecule has 2 aromatic heterocycles. The second kappa shape index (κ2) is 7.06. The third-order valence-corrected chi connectivity index (χ3v) is 4.73. The van der Waals surface area contributed by atoms with E-state index in [0.29, 0.717) is 16.4 Å². The number of aliphatic hydroxyl groups excluding tert-OH is 1. The van der Waals surface area contributed by atoms with Gasteiger partial charge in [0, 0.05) is 24.4 Å². The zero-order valence-corrected chi connectivity index (χ0v) is 14.8. The van der Waals surface area contributed by atoms with Crippen molar-refractivity contribution >= 4 is 17.2 Å². The molecule has 1 N–H and O–H groups in total. The number of pyridine rings is 1. The Labute approximate surface area is 139 Å². The summed E-state index contributed by atoms with van der Waals surface area (Å²) in [5.74, 6) is 0.653. The number of aromatic nitrogens is 2. The highest BCUT2D eigenvalue weighted by atomic mass is 32.1. The largest absolute Gasteiger partial charge is 0.496 e. The Morgan fingerprint density at radius 2 is 2.09 bits per heavy atom. The van der Waals surface area contributed by atoms with Crippen molar-refractivity contribution in [2.45, 2.75) is 33.4 Å². The molecule has 23 heavy (non-hydrogen) atoms. The van der Waals surface area contributed by atoms with E-state index in [0.717, 1.165) is 22.6 Å². The molecule has 0 spiro atoms. The van der Waals surface area contributed by atoms with E-state index in [4.69, 9.17) is 4.74 Å². The van der Waals surface area contributed by atoms with Crippen LogP contribution in [0.3, 0.4) is 0 Å². The second-order valence-corrected chi connectivity index (χ2v) is 6.51. The van der Waals surface area contributed by atoms with E-state index in [1.54, 1.807) is 32.2 Å². The fourth-order valence-corrected chi connectivity index (χ4v) is 3.14. The van der Waals surface area contributed by atoms with Gasteiger partial charge in [0.1, 0.15) is 21.7 Å². The molecule has 2 rings (SSSR count). The van der Waals surface area contributed by atoms with Gasteiger partial charge < -0.3 is 14.7 Å². The van der Waals surface area contributed by atoms with Gasteiger partial charge in [-0.1, -0.05) is 0 Å². The van der Waals surface area contributed by atoms with Gasteiger partial charge in [0.2, 0.25) is 0 Å². The van der Waals surface area contributed by atoms with E-state index in [-0.39, 0.29) is 5.91 Å². The number of thiazole rings is 1. The summed E-state index contributed by atoms with van der Waals surface area (Å²) in [5, 5.41) is 10.0. The van der Waals surface area contributed by atoms with E-state index in [1.165, 1.54) is 17.5 Å². The predicted octanol–water partition coefficient (Wildman–Crippen LogP) is 2.49. The number of aliphatic hydroxyl groups is 1. The Morgan fingerprint density at radius 3 is 2.65 bits per heavy atom. The number of methoxy groups -OCH3 is 1. The summed E-state index contributed by atoms with van der Waals surface area (Å²) < 4.78 is 5.39. The van der Waals surface area contributed by atoms with Crippen LogP contribution in [0.5, 0.6) is 5.75 Å². The lowest BCUT2D eigenvalue weighted by atomic mass is 10.1. The van der Waals surface area contributed by atoms with Crippen LogP contribution in [0.1, 0.15) is 44.5 Å². The van der Waals surface area contributed by atoms with Crippen molar-refractivity contribution < 1.29 is 14.6 Å². The maximum atomic E-state index is 12.5. The molecule has 1 atom stereocenters. The monoisotopic (exact) mass is 335 g/mol. The number of rotatable bonds is 5. The fourth-order valence-electron chi connectivity index (χ4n) is 2.29. The first-order chi connectivity index (χ1) is 10.8. The number of hydrogen-bond acceptors (Lipinski definition) is 6. The predicted molar refractivity (Wildman–Crippen MR) is 88.8 cm³/mol. The number of hydrogen-bond donors (Lipinski definition) is 1. The Kier molecular flexibility index (Phi) is 5.33. The topological polar surface area (TPSA) is 75.5 Å². The molecule has 2 aromatic rings. The van der Waals surface area contributed by atoms with Crippen LogP contribution in [0.25, 0.3) is 0 Å². The number of nitrogens with zero attached hydrogens (tertiary/aromatic N) is 3. The van der Waals surface area contributed by atoms with Crippen molar-refractivity contribution in [2.75, 3.05) is 14.2 Å². The zero-order chi connectivity index (χ0) is 17.1. The van der Waals surface area contributed by atoms with Gasteiger partial charge >= 0.3 is 0 Å². The molecule has 124 valence electrons. The molecule has 1 amide bonds. The Balaban J connectivity index is 2.18. The first-order valence-electron chi connectivity index (χ1n) is 7.23. The van der Waals surface area contributed by atoms with Crippen molar-refractivity contribution in [2.24, 2.45) is 0 Å². The highest BCUT2D eigenvalue weighted by molar-refractivity contribution is 7.13. The van der Waals surface area contributed by atoms with Gasteiger partial charge in [-0.3, -0.25) is 9.78 Å². The first kappa shape index (κ1) is 17.4. The lowest BCUT2D eigenvalue weighted by Gasteiger charge is -2.18. The Morgan fingerprint density at radius 1 is 1.39 bits per heavy atom. The minimum Gasteiger partial charge on any atom is -0.496 e. The molecule has 0 aromatic carbocycles. The van der Waals surface area contributed by atoms with Crippen LogP contribution in [0.15, 0.2) is 12.4 Å². The van der Waals surface area contributed by atoms with Gasteiger partial charge in [-0.25, -0.2) is 4.98 Å². The van der Waals surface area contributed by atoms with Gasteiger partial charge in [-0.05, 0) is 20.8 Å². The summed E-state index contributed by atoms with van der Waals surface area (Å²) >= 11 is 1.20. The lowest BCUT2D eigenvalue weighted by molar-refractivity contribution is 0.0787. The number of ether oxygens (including phenoxy) is 1. The molecule has 2 heterocycles.